The molecular weight excluding hydrogens is 278 g/mol. The Labute approximate surface area is 127 Å². The van der Waals surface area contributed by atoms with E-state index in [1.54, 1.807) is 18.3 Å². The van der Waals surface area contributed by atoms with Gasteiger partial charge in [-0.2, -0.15) is 5.26 Å². The number of nitrogens with zero attached hydrogens (tertiary/aromatic N) is 2. The summed E-state index contributed by atoms with van der Waals surface area (Å²) in [5.74, 6) is -0.348. The number of nitrogens with one attached hydrogen (secondary N) is 1. The van der Waals surface area contributed by atoms with Gasteiger partial charge in [0.25, 0.3) is 0 Å². The van der Waals surface area contributed by atoms with Gasteiger partial charge in [0.2, 0.25) is 6.54 Å². The van der Waals surface area contributed by atoms with Gasteiger partial charge in [0.1, 0.15) is 0 Å². The first-order chi connectivity index (χ1) is 10.7. The van der Waals surface area contributed by atoms with Gasteiger partial charge < -0.3 is 4.98 Å². The summed E-state index contributed by atoms with van der Waals surface area (Å²) in [5.41, 5.74) is 3.15. The lowest BCUT2D eigenvalue weighted by Crippen LogP contribution is -2.13. The molecule has 0 saturated carbocycles. The van der Waals surface area contributed by atoms with Crippen molar-refractivity contribution in [2.24, 2.45) is 0 Å². The van der Waals surface area contributed by atoms with Crippen LogP contribution in [0.1, 0.15) is 22.6 Å². The molecular formula is C17H13N3O2. The summed E-state index contributed by atoms with van der Waals surface area (Å²) in [7, 11) is 0. The van der Waals surface area contributed by atoms with Crippen molar-refractivity contribution in [1.82, 2.24) is 4.98 Å². The standard InChI is InChI=1S/C17H13N3O2/c18-9-12-6-7-17-14(8-12)15(10-19-17)16(11-20(21)22)13-4-2-1-3-5-13/h1-8,10,16,19H,11H2/t16-/m1/s1. The topological polar surface area (TPSA) is 82.7 Å². The van der Waals surface area contributed by atoms with E-state index < -0.39 is 0 Å². The van der Waals surface area contributed by atoms with Crippen molar-refractivity contribution in [3.8, 4) is 6.07 Å². The number of benzene rings is 2. The molecule has 0 aliphatic rings. The van der Waals surface area contributed by atoms with Crippen LogP contribution in [0.15, 0.2) is 54.7 Å². The first-order valence-corrected chi connectivity index (χ1v) is 6.87. The van der Waals surface area contributed by atoms with E-state index >= 15 is 0 Å². The third kappa shape index (κ3) is 2.54. The van der Waals surface area contributed by atoms with E-state index in [4.69, 9.17) is 5.26 Å². The molecule has 1 atom stereocenters. The van der Waals surface area contributed by atoms with Crippen LogP contribution >= 0.6 is 0 Å². The van der Waals surface area contributed by atoms with Crippen LogP contribution in [0, 0.1) is 21.4 Å². The summed E-state index contributed by atoms with van der Waals surface area (Å²) in [6.07, 6.45) is 1.80. The van der Waals surface area contributed by atoms with Gasteiger partial charge in [-0.05, 0) is 29.3 Å². The van der Waals surface area contributed by atoms with Crippen molar-refractivity contribution in [2.75, 3.05) is 6.54 Å². The van der Waals surface area contributed by atoms with Crippen LogP contribution in [-0.2, 0) is 0 Å². The van der Waals surface area contributed by atoms with Gasteiger partial charge in [0.05, 0.1) is 17.6 Å². The highest BCUT2D eigenvalue weighted by Crippen LogP contribution is 2.31. The van der Waals surface area contributed by atoms with Crippen molar-refractivity contribution >= 4 is 10.9 Å². The maximum Gasteiger partial charge on any atom is 0.214 e. The van der Waals surface area contributed by atoms with Gasteiger partial charge in [0, 0.05) is 22.0 Å². The number of rotatable bonds is 4. The van der Waals surface area contributed by atoms with Gasteiger partial charge in [0.15, 0.2) is 0 Å². The molecule has 0 bridgehead atoms. The van der Waals surface area contributed by atoms with Gasteiger partial charge in [-0.15, -0.1) is 0 Å². The lowest BCUT2D eigenvalue weighted by Gasteiger charge is -2.12. The maximum absolute atomic E-state index is 11.1. The normalized spacial score (nSPS) is 12.0. The smallest absolute Gasteiger partial charge is 0.214 e. The molecule has 22 heavy (non-hydrogen) atoms. The average molecular weight is 291 g/mol. The zero-order valence-corrected chi connectivity index (χ0v) is 11.7. The molecule has 0 aliphatic carbocycles. The molecule has 5 heteroatoms. The number of nitro groups is 1. The van der Waals surface area contributed by atoms with E-state index in [0.29, 0.717) is 5.56 Å². The molecule has 0 spiro atoms. The summed E-state index contributed by atoms with van der Waals surface area (Å²) in [6, 6.07) is 16.8. The molecule has 0 unspecified atom stereocenters. The van der Waals surface area contributed by atoms with Crippen LogP contribution < -0.4 is 0 Å². The molecule has 1 heterocycles. The van der Waals surface area contributed by atoms with Gasteiger partial charge >= 0.3 is 0 Å². The third-order valence-corrected chi connectivity index (χ3v) is 3.75. The number of fused-ring (bicyclic) bond motifs is 1. The SMILES string of the molecule is N#Cc1ccc2[nH]cc([C@H](C[N+](=O)[O-])c3ccccc3)c2c1. The quantitative estimate of drug-likeness (QED) is 0.590. The van der Waals surface area contributed by atoms with E-state index in [9.17, 15) is 10.1 Å². The fourth-order valence-electron chi connectivity index (χ4n) is 2.72. The minimum atomic E-state index is -0.348. The van der Waals surface area contributed by atoms with E-state index in [2.05, 4.69) is 11.1 Å². The zero-order chi connectivity index (χ0) is 15.5. The molecule has 0 radical (unpaired) electrons. The average Bonchev–Trinajstić information content (AvgIpc) is 2.96. The van der Waals surface area contributed by atoms with Crippen molar-refractivity contribution in [3.05, 3.63) is 81.5 Å². The van der Waals surface area contributed by atoms with Crippen molar-refractivity contribution < 1.29 is 4.92 Å². The first kappa shape index (κ1) is 13.8. The number of aromatic nitrogens is 1. The molecule has 0 amide bonds. The lowest BCUT2D eigenvalue weighted by molar-refractivity contribution is -0.481. The van der Waals surface area contributed by atoms with Crippen LogP contribution in [0.5, 0.6) is 0 Å². The third-order valence-electron chi connectivity index (χ3n) is 3.75. The monoisotopic (exact) mass is 291 g/mol. The second-order valence-corrected chi connectivity index (χ2v) is 5.09. The van der Waals surface area contributed by atoms with E-state index in [1.165, 1.54) is 0 Å². The Bertz CT molecular complexity index is 862. The number of hydrogen-bond donors (Lipinski definition) is 1. The molecule has 2 aromatic carbocycles. The van der Waals surface area contributed by atoms with Gasteiger partial charge in [-0.1, -0.05) is 30.3 Å². The number of aromatic amines is 1. The Balaban J connectivity index is 2.16. The Morgan fingerprint density at radius 1 is 1.23 bits per heavy atom. The molecule has 1 aromatic heterocycles. The number of hydrogen-bond acceptors (Lipinski definition) is 3. The number of nitriles is 1. The minimum Gasteiger partial charge on any atom is -0.361 e. The van der Waals surface area contributed by atoms with Crippen LogP contribution in [-0.4, -0.2) is 16.5 Å². The predicted molar refractivity (Wildman–Crippen MR) is 83.2 cm³/mol. The van der Waals surface area contributed by atoms with Gasteiger partial charge in [-0.25, -0.2) is 0 Å². The first-order valence-electron chi connectivity index (χ1n) is 6.87. The molecule has 1 N–H and O–H groups in total. The lowest BCUT2D eigenvalue weighted by atomic mass is 9.91. The Hall–Kier alpha value is -3.13. The summed E-state index contributed by atoms with van der Waals surface area (Å²) in [4.78, 5) is 13.9. The fraction of sp³-hybridized carbons (Fsp3) is 0.118. The summed E-state index contributed by atoms with van der Waals surface area (Å²) in [5, 5.41) is 21.0. The Morgan fingerprint density at radius 3 is 2.68 bits per heavy atom. The maximum atomic E-state index is 11.1. The van der Waals surface area contributed by atoms with E-state index in [1.807, 2.05) is 36.4 Å². The molecule has 0 aliphatic heterocycles. The predicted octanol–water partition coefficient (Wildman–Crippen LogP) is 3.45. The summed E-state index contributed by atoms with van der Waals surface area (Å²) < 4.78 is 0. The largest absolute Gasteiger partial charge is 0.361 e. The van der Waals surface area contributed by atoms with Crippen LogP contribution in [0.4, 0.5) is 0 Å². The van der Waals surface area contributed by atoms with Crippen LogP contribution in [0.3, 0.4) is 0 Å². The second kappa shape index (κ2) is 5.70. The van der Waals surface area contributed by atoms with Crippen molar-refractivity contribution in [1.29, 1.82) is 5.26 Å². The number of H-pyrrole nitrogens is 1. The highest BCUT2D eigenvalue weighted by molar-refractivity contribution is 5.85. The Kier molecular flexibility index (Phi) is 3.58. The molecule has 3 aromatic rings. The minimum absolute atomic E-state index is 0.187. The summed E-state index contributed by atoms with van der Waals surface area (Å²) in [6.45, 7) is -0.187. The molecule has 3 rings (SSSR count). The van der Waals surface area contributed by atoms with E-state index in [-0.39, 0.29) is 17.4 Å². The van der Waals surface area contributed by atoms with Crippen molar-refractivity contribution in [3.63, 3.8) is 0 Å². The van der Waals surface area contributed by atoms with Crippen LogP contribution in [0.2, 0.25) is 0 Å². The molecule has 0 fully saturated rings. The molecule has 108 valence electrons. The highest BCUT2D eigenvalue weighted by atomic mass is 16.6. The fourth-order valence-corrected chi connectivity index (χ4v) is 2.72. The van der Waals surface area contributed by atoms with Crippen LogP contribution in [0.25, 0.3) is 10.9 Å². The zero-order valence-electron chi connectivity index (χ0n) is 11.7. The van der Waals surface area contributed by atoms with Crippen molar-refractivity contribution in [2.45, 2.75) is 5.92 Å². The molecule has 0 saturated heterocycles. The highest BCUT2D eigenvalue weighted by Gasteiger charge is 2.23. The second-order valence-electron chi connectivity index (χ2n) is 5.09. The summed E-state index contributed by atoms with van der Waals surface area (Å²) >= 11 is 0. The van der Waals surface area contributed by atoms with Gasteiger partial charge in [-0.3, -0.25) is 10.1 Å². The Morgan fingerprint density at radius 2 is 2.00 bits per heavy atom. The molecule has 5 nitrogen and oxygen atoms in total. The van der Waals surface area contributed by atoms with E-state index in [0.717, 1.165) is 22.0 Å².